The Morgan fingerprint density at radius 3 is 2.22 bits per heavy atom. The molecule has 0 radical (unpaired) electrons. The number of carbonyl (C=O) groups is 4. The Kier molecular flexibility index (Phi) is 8.89. The molecule has 3 aromatic carbocycles. The highest BCUT2D eigenvalue weighted by Crippen LogP contribution is 2.40. The van der Waals surface area contributed by atoms with Crippen LogP contribution in [0.1, 0.15) is 38.3 Å². The van der Waals surface area contributed by atoms with Crippen LogP contribution >= 0.6 is 11.8 Å². The third kappa shape index (κ3) is 6.22. The number of amides is 2. The number of imide groups is 1. The molecule has 12 heteroatoms. The maximum absolute atomic E-state index is 13.4. The lowest BCUT2D eigenvalue weighted by Crippen LogP contribution is -2.31. The molecule has 1 aliphatic rings. The van der Waals surface area contributed by atoms with Gasteiger partial charge in [0.25, 0.3) is 0 Å². The monoisotopic (exact) mass is 617 g/mol. The zero-order valence-corrected chi connectivity index (χ0v) is 24.5. The first-order chi connectivity index (χ1) is 21.7. The van der Waals surface area contributed by atoms with Gasteiger partial charge in [-0.15, -0.1) is 0 Å². The predicted octanol–water partition coefficient (Wildman–Crippen LogP) is 4.55. The van der Waals surface area contributed by atoms with Crippen molar-refractivity contribution in [3.05, 3.63) is 101 Å². The number of thioether (sulfide) groups is 1. The molecule has 1 unspecified atom stereocenters. The fraction of sp³-hybridized carbons (Fsp3) is 0.121. The number of benzene rings is 3. The summed E-state index contributed by atoms with van der Waals surface area (Å²) >= 11 is 0.924. The van der Waals surface area contributed by atoms with Crippen molar-refractivity contribution in [3.63, 3.8) is 0 Å². The molecule has 2 N–H and O–H groups in total. The topological polar surface area (TPSA) is 176 Å². The quantitative estimate of drug-likeness (QED) is 0.158. The van der Waals surface area contributed by atoms with Crippen molar-refractivity contribution in [1.29, 1.82) is 10.5 Å². The highest BCUT2D eigenvalue weighted by molar-refractivity contribution is 8.00. The zero-order chi connectivity index (χ0) is 32.1. The predicted molar refractivity (Wildman–Crippen MR) is 164 cm³/mol. The van der Waals surface area contributed by atoms with Crippen LogP contribution < -0.4 is 15.4 Å². The van der Waals surface area contributed by atoms with Crippen LogP contribution in [0.3, 0.4) is 0 Å². The first-order valence-electron chi connectivity index (χ1n) is 13.4. The molecule has 1 aliphatic heterocycles. The van der Waals surface area contributed by atoms with E-state index in [4.69, 9.17) is 15.2 Å². The Morgan fingerprint density at radius 2 is 1.60 bits per heavy atom. The molecule has 0 aliphatic carbocycles. The summed E-state index contributed by atoms with van der Waals surface area (Å²) in [6.45, 7) is -0.473. The number of hydrogen-bond donors (Lipinski definition) is 1. The van der Waals surface area contributed by atoms with Crippen molar-refractivity contribution in [2.45, 2.75) is 16.7 Å². The van der Waals surface area contributed by atoms with Gasteiger partial charge in [-0.25, -0.2) is 14.7 Å². The Morgan fingerprint density at radius 1 is 0.956 bits per heavy atom. The molecule has 2 heterocycles. The minimum atomic E-state index is -0.915. The highest BCUT2D eigenvalue weighted by atomic mass is 32.2. The number of anilines is 2. The number of ketones is 1. The summed E-state index contributed by atoms with van der Waals surface area (Å²) in [6.07, 6.45) is -0.173. The summed E-state index contributed by atoms with van der Waals surface area (Å²) in [5.41, 5.74) is 7.80. The van der Waals surface area contributed by atoms with E-state index in [1.165, 1.54) is 31.4 Å². The molecule has 0 spiro atoms. The molecule has 222 valence electrons. The third-order valence-electron chi connectivity index (χ3n) is 6.94. The largest absolute Gasteiger partial charge is 0.497 e. The Labute approximate surface area is 261 Å². The van der Waals surface area contributed by atoms with Gasteiger partial charge in [-0.2, -0.15) is 10.5 Å². The molecule has 1 fully saturated rings. The van der Waals surface area contributed by atoms with Crippen LogP contribution in [-0.2, 0) is 14.3 Å². The number of nitriles is 2. The van der Waals surface area contributed by atoms with E-state index in [1.807, 2.05) is 6.07 Å². The number of methoxy groups -OCH3 is 1. The minimum absolute atomic E-state index is 0.0428. The van der Waals surface area contributed by atoms with E-state index < -0.39 is 35.4 Å². The number of nitrogens with two attached hydrogens (primary N) is 1. The summed E-state index contributed by atoms with van der Waals surface area (Å²) < 4.78 is 10.2. The van der Waals surface area contributed by atoms with Crippen LogP contribution in [0.25, 0.3) is 11.1 Å². The average molecular weight is 618 g/mol. The summed E-state index contributed by atoms with van der Waals surface area (Å²) in [5.74, 6) is -1.68. The van der Waals surface area contributed by atoms with Gasteiger partial charge in [-0.1, -0.05) is 42.1 Å². The molecule has 2 amide bonds. The van der Waals surface area contributed by atoms with Crippen LogP contribution in [0.5, 0.6) is 5.75 Å². The van der Waals surface area contributed by atoms with E-state index >= 15 is 0 Å². The van der Waals surface area contributed by atoms with Crippen molar-refractivity contribution >= 4 is 46.8 Å². The number of hydrogen-bond acceptors (Lipinski definition) is 11. The second-order valence-electron chi connectivity index (χ2n) is 9.67. The van der Waals surface area contributed by atoms with Crippen molar-refractivity contribution in [3.8, 4) is 29.0 Å². The van der Waals surface area contributed by atoms with E-state index in [2.05, 4.69) is 11.1 Å². The number of nitrogens with zero attached hydrogens (tertiary/aromatic N) is 4. The van der Waals surface area contributed by atoms with Gasteiger partial charge in [-0.3, -0.25) is 14.4 Å². The van der Waals surface area contributed by atoms with Gasteiger partial charge in [0.1, 0.15) is 34.3 Å². The molecule has 1 aromatic heterocycles. The number of nitrogen functional groups attached to an aromatic ring is 1. The Balaban J connectivity index is 1.30. The maximum atomic E-state index is 13.4. The summed E-state index contributed by atoms with van der Waals surface area (Å²) in [6, 6.07) is 24.9. The summed E-state index contributed by atoms with van der Waals surface area (Å²) in [5, 5.41) is 19.0. The molecule has 0 saturated carbocycles. The fourth-order valence-corrected chi connectivity index (χ4v) is 5.82. The van der Waals surface area contributed by atoms with Crippen molar-refractivity contribution < 1.29 is 28.7 Å². The van der Waals surface area contributed by atoms with Gasteiger partial charge in [0.2, 0.25) is 11.8 Å². The molecule has 5 rings (SSSR count). The molecule has 1 atom stereocenters. The minimum Gasteiger partial charge on any atom is -0.497 e. The lowest BCUT2D eigenvalue weighted by Gasteiger charge is -2.16. The molecule has 1 saturated heterocycles. The van der Waals surface area contributed by atoms with Crippen LogP contribution in [0.15, 0.2) is 83.9 Å². The highest BCUT2D eigenvalue weighted by Gasteiger charge is 2.41. The lowest BCUT2D eigenvalue weighted by atomic mass is 9.97. The Bertz CT molecular complexity index is 1900. The number of esters is 1. The van der Waals surface area contributed by atoms with Crippen LogP contribution in [0.4, 0.5) is 11.5 Å². The second-order valence-corrected chi connectivity index (χ2v) is 10.9. The number of ether oxygens (including phenoxy) is 2. The van der Waals surface area contributed by atoms with Crippen molar-refractivity contribution in [2.75, 3.05) is 24.4 Å². The molecular weight excluding hydrogens is 594 g/mol. The van der Waals surface area contributed by atoms with E-state index in [1.54, 1.807) is 54.6 Å². The van der Waals surface area contributed by atoms with E-state index in [-0.39, 0.29) is 39.6 Å². The van der Waals surface area contributed by atoms with E-state index in [0.29, 0.717) is 22.4 Å². The van der Waals surface area contributed by atoms with Gasteiger partial charge in [0, 0.05) is 17.5 Å². The van der Waals surface area contributed by atoms with Crippen LogP contribution in [0, 0.1) is 22.7 Å². The van der Waals surface area contributed by atoms with E-state index in [0.717, 1.165) is 16.7 Å². The zero-order valence-electron chi connectivity index (χ0n) is 23.7. The normalized spacial score (nSPS) is 14.0. The van der Waals surface area contributed by atoms with E-state index in [9.17, 15) is 29.7 Å². The molecule has 4 aromatic rings. The number of aromatic nitrogens is 1. The van der Waals surface area contributed by atoms with Crippen LogP contribution in [0.2, 0.25) is 0 Å². The molecule has 0 bridgehead atoms. The Hall–Kier alpha value is -5.98. The first-order valence-corrected chi connectivity index (χ1v) is 14.3. The van der Waals surface area contributed by atoms with Crippen molar-refractivity contribution in [1.82, 2.24) is 4.98 Å². The lowest BCUT2D eigenvalue weighted by molar-refractivity contribution is -0.121. The van der Waals surface area contributed by atoms with Gasteiger partial charge < -0.3 is 15.2 Å². The standard InChI is InChI=1S/C33H23N5O6S/c1-43-23-13-9-19(10-14-23)26(39)18-44-33(42)21-7-11-22(12-8-21)38-28(40)15-27(32(38)41)45-31-25(17-35)29(20-5-3-2-4-6-20)24(16-34)30(36)37-31/h2-14,27H,15,18H2,1H3,(H2,36,37). The van der Waals surface area contributed by atoms with Gasteiger partial charge in [-0.05, 0) is 54.1 Å². The number of rotatable bonds is 9. The SMILES string of the molecule is COc1ccc(C(=O)COC(=O)c2ccc(N3C(=O)CC(Sc4nc(N)c(C#N)c(-c5ccccc5)c4C#N)C3=O)cc2)cc1. The molecule has 45 heavy (non-hydrogen) atoms. The summed E-state index contributed by atoms with van der Waals surface area (Å²) in [7, 11) is 1.51. The molecular formula is C33H23N5O6S. The maximum Gasteiger partial charge on any atom is 0.338 e. The fourth-order valence-electron chi connectivity index (χ4n) is 4.70. The molecule has 11 nitrogen and oxygen atoms in total. The number of carbonyl (C=O) groups excluding carboxylic acids is 4. The average Bonchev–Trinajstić information content (AvgIpc) is 3.35. The van der Waals surface area contributed by atoms with Gasteiger partial charge in [0.05, 0.1) is 29.2 Å². The third-order valence-corrected chi connectivity index (χ3v) is 8.12. The number of Topliss-reactive ketones (excluding diaryl/α,β-unsaturated/α-hetero) is 1. The number of pyridine rings is 1. The van der Waals surface area contributed by atoms with Crippen molar-refractivity contribution in [2.24, 2.45) is 0 Å². The first kappa shape index (κ1) is 30.5. The smallest absolute Gasteiger partial charge is 0.338 e. The van der Waals surface area contributed by atoms with Gasteiger partial charge >= 0.3 is 5.97 Å². The summed E-state index contributed by atoms with van der Waals surface area (Å²) in [4.78, 5) is 56.5. The second kappa shape index (κ2) is 13.1. The van der Waals surface area contributed by atoms with Gasteiger partial charge in [0.15, 0.2) is 12.4 Å². The van der Waals surface area contributed by atoms with Crippen LogP contribution in [-0.4, -0.2) is 47.5 Å².